The second-order valence-electron chi connectivity index (χ2n) is 4.40. The molecule has 0 saturated heterocycles. The lowest BCUT2D eigenvalue weighted by Crippen LogP contribution is -1.97. The third kappa shape index (κ3) is 2.97. The maximum Gasteiger partial charge on any atom is 0.294 e. The van der Waals surface area contributed by atoms with Gasteiger partial charge in [-0.1, -0.05) is 18.2 Å². The van der Waals surface area contributed by atoms with Gasteiger partial charge >= 0.3 is 0 Å². The van der Waals surface area contributed by atoms with Gasteiger partial charge in [-0.15, -0.1) is 5.10 Å². The molecule has 0 atom stereocenters. The first-order valence-electron chi connectivity index (χ1n) is 6.22. The van der Waals surface area contributed by atoms with Gasteiger partial charge < -0.3 is 0 Å². The molecule has 0 amide bonds. The Kier molecular flexibility index (Phi) is 3.61. The zero-order chi connectivity index (χ0) is 15.6. The van der Waals surface area contributed by atoms with Crippen LogP contribution in [0.1, 0.15) is 0 Å². The number of rotatable bonds is 3. The summed E-state index contributed by atoms with van der Waals surface area (Å²) in [5.41, 5.74) is 2.17. The molecule has 0 aliphatic rings. The lowest BCUT2D eigenvalue weighted by molar-refractivity contribution is 0.483. The highest BCUT2D eigenvalue weighted by Gasteiger charge is 2.09. The maximum atomic E-state index is 11.0. The van der Waals surface area contributed by atoms with Crippen LogP contribution >= 0.6 is 0 Å². The molecule has 7 nitrogen and oxygen atoms in total. The second-order valence-corrected chi connectivity index (χ2v) is 5.82. The molecular weight excluding hydrogens is 304 g/mol. The minimum absolute atomic E-state index is 0.149. The molecule has 1 N–H and O–H groups in total. The van der Waals surface area contributed by atoms with E-state index >= 15 is 0 Å². The van der Waals surface area contributed by atoms with Crippen molar-refractivity contribution >= 4 is 10.1 Å². The van der Waals surface area contributed by atoms with Gasteiger partial charge in [-0.25, -0.2) is 4.98 Å². The molecule has 0 unspecified atom stereocenters. The van der Waals surface area contributed by atoms with Crippen LogP contribution in [-0.2, 0) is 10.1 Å². The topological polar surface area (TPSA) is 106 Å². The van der Waals surface area contributed by atoms with Crippen molar-refractivity contribution in [1.29, 1.82) is 0 Å². The highest BCUT2D eigenvalue weighted by molar-refractivity contribution is 7.85. The van der Waals surface area contributed by atoms with Gasteiger partial charge in [-0.05, 0) is 23.8 Å². The zero-order valence-electron chi connectivity index (χ0n) is 11.2. The van der Waals surface area contributed by atoms with Crippen LogP contribution in [0, 0.1) is 0 Å². The molecule has 1 aromatic carbocycles. The van der Waals surface area contributed by atoms with E-state index in [1.165, 1.54) is 24.5 Å². The minimum atomic E-state index is -4.18. The van der Waals surface area contributed by atoms with E-state index in [0.717, 1.165) is 11.1 Å². The molecule has 0 radical (unpaired) electrons. The van der Waals surface area contributed by atoms with Crippen molar-refractivity contribution in [2.75, 3.05) is 0 Å². The zero-order valence-corrected chi connectivity index (χ0v) is 12.0. The minimum Gasteiger partial charge on any atom is -0.282 e. The van der Waals surface area contributed by atoms with Gasteiger partial charge in [0.1, 0.15) is 5.69 Å². The summed E-state index contributed by atoms with van der Waals surface area (Å²) in [6.07, 6.45) is 4.65. The molecule has 2 heterocycles. The lowest BCUT2D eigenvalue weighted by atomic mass is 10.1. The van der Waals surface area contributed by atoms with E-state index < -0.39 is 10.1 Å². The number of pyridine rings is 1. The van der Waals surface area contributed by atoms with Crippen LogP contribution in [0.2, 0.25) is 0 Å². The van der Waals surface area contributed by atoms with Gasteiger partial charge in [-0.3, -0.25) is 9.54 Å². The molecule has 0 saturated carbocycles. The van der Waals surface area contributed by atoms with Crippen molar-refractivity contribution in [2.45, 2.75) is 4.90 Å². The van der Waals surface area contributed by atoms with Crippen LogP contribution in [0.3, 0.4) is 0 Å². The largest absolute Gasteiger partial charge is 0.294 e. The first-order valence-corrected chi connectivity index (χ1v) is 7.66. The molecule has 0 aliphatic heterocycles. The monoisotopic (exact) mass is 314 g/mol. The van der Waals surface area contributed by atoms with E-state index in [1.54, 1.807) is 24.4 Å². The van der Waals surface area contributed by atoms with Crippen LogP contribution in [0.25, 0.3) is 22.6 Å². The SMILES string of the molecule is O=S(=O)(O)c1ccc(-c2ccc(-c3nccnn3)nc2)cc1. The molecule has 8 heteroatoms. The van der Waals surface area contributed by atoms with Crippen LogP contribution in [-0.4, -0.2) is 33.1 Å². The Hall–Kier alpha value is -2.71. The Balaban J connectivity index is 1.90. The number of nitrogens with zero attached hydrogens (tertiary/aromatic N) is 4. The number of hydrogen-bond donors (Lipinski definition) is 1. The van der Waals surface area contributed by atoms with Gasteiger partial charge in [0, 0.05) is 18.0 Å². The number of benzene rings is 1. The Bertz CT molecular complexity index is 880. The average molecular weight is 314 g/mol. The fraction of sp³-hybridized carbons (Fsp3) is 0. The lowest BCUT2D eigenvalue weighted by Gasteiger charge is -2.04. The predicted octanol–water partition coefficient (Wildman–Crippen LogP) is 1.85. The van der Waals surface area contributed by atoms with E-state index in [4.69, 9.17) is 4.55 Å². The van der Waals surface area contributed by atoms with Crippen molar-refractivity contribution in [3.63, 3.8) is 0 Å². The van der Waals surface area contributed by atoms with Crippen molar-refractivity contribution < 1.29 is 13.0 Å². The summed E-state index contributed by atoms with van der Waals surface area (Å²) in [6, 6.07) is 9.44. The molecule has 110 valence electrons. The summed E-state index contributed by atoms with van der Waals surface area (Å²) in [4.78, 5) is 8.17. The van der Waals surface area contributed by atoms with Crippen molar-refractivity contribution in [3.8, 4) is 22.6 Å². The first-order chi connectivity index (χ1) is 10.5. The van der Waals surface area contributed by atoms with E-state index in [1.807, 2.05) is 6.07 Å². The number of aromatic nitrogens is 4. The van der Waals surface area contributed by atoms with Crippen molar-refractivity contribution in [2.24, 2.45) is 0 Å². The summed E-state index contributed by atoms with van der Waals surface area (Å²) >= 11 is 0. The molecule has 0 bridgehead atoms. The fourth-order valence-corrected chi connectivity index (χ4v) is 2.36. The third-order valence-electron chi connectivity index (χ3n) is 2.96. The highest BCUT2D eigenvalue weighted by atomic mass is 32.2. The molecule has 22 heavy (non-hydrogen) atoms. The smallest absolute Gasteiger partial charge is 0.282 e. The van der Waals surface area contributed by atoms with E-state index in [2.05, 4.69) is 20.2 Å². The van der Waals surface area contributed by atoms with Crippen LogP contribution < -0.4 is 0 Å². The van der Waals surface area contributed by atoms with Crippen LogP contribution in [0.5, 0.6) is 0 Å². The first kappa shape index (κ1) is 14.2. The highest BCUT2D eigenvalue weighted by Crippen LogP contribution is 2.22. The summed E-state index contributed by atoms with van der Waals surface area (Å²) < 4.78 is 31.0. The molecule has 0 spiro atoms. The normalized spacial score (nSPS) is 11.3. The van der Waals surface area contributed by atoms with Gasteiger partial charge in [0.15, 0.2) is 5.82 Å². The molecule has 3 rings (SSSR count). The standard InChI is InChI=1S/C14H10N4O3S/c19-22(20,21)12-4-1-10(2-5-12)11-3-6-13(16-9-11)14-15-7-8-17-18-14/h1-9H,(H,19,20,21). The molecule has 3 aromatic rings. The summed E-state index contributed by atoms with van der Waals surface area (Å²) in [6.45, 7) is 0. The average Bonchev–Trinajstić information content (AvgIpc) is 2.55. The molecule has 0 fully saturated rings. The summed E-state index contributed by atoms with van der Waals surface area (Å²) in [5, 5.41) is 7.61. The summed E-state index contributed by atoms with van der Waals surface area (Å²) in [5.74, 6) is 0.427. The van der Waals surface area contributed by atoms with Crippen LogP contribution in [0.4, 0.5) is 0 Å². The Morgan fingerprint density at radius 3 is 2.14 bits per heavy atom. The quantitative estimate of drug-likeness (QED) is 0.735. The number of hydrogen-bond acceptors (Lipinski definition) is 6. The third-order valence-corrected chi connectivity index (χ3v) is 3.83. The molecule has 2 aromatic heterocycles. The fourth-order valence-electron chi connectivity index (χ4n) is 1.88. The molecular formula is C14H10N4O3S. The van der Waals surface area contributed by atoms with Crippen molar-refractivity contribution in [3.05, 3.63) is 55.0 Å². The van der Waals surface area contributed by atoms with E-state index in [9.17, 15) is 8.42 Å². The maximum absolute atomic E-state index is 11.0. The Morgan fingerprint density at radius 1 is 0.864 bits per heavy atom. The second kappa shape index (κ2) is 5.58. The van der Waals surface area contributed by atoms with E-state index in [-0.39, 0.29) is 4.90 Å². The predicted molar refractivity (Wildman–Crippen MR) is 78.3 cm³/mol. The van der Waals surface area contributed by atoms with Gasteiger partial charge in [0.05, 0.1) is 11.1 Å². The van der Waals surface area contributed by atoms with Gasteiger partial charge in [0.25, 0.3) is 10.1 Å². The van der Waals surface area contributed by atoms with Crippen molar-refractivity contribution in [1.82, 2.24) is 20.2 Å². The van der Waals surface area contributed by atoms with Crippen LogP contribution in [0.15, 0.2) is 59.9 Å². The van der Waals surface area contributed by atoms with Gasteiger partial charge in [0.2, 0.25) is 0 Å². The van der Waals surface area contributed by atoms with Gasteiger partial charge in [-0.2, -0.15) is 13.5 Å². The summed E-state index contributed by atoms with van der Waals surface area (Å²) in [7, 11) is -4.18. The van der Waals surface area contributed by atoms with E-state index in [0.29, 0.717) is 11.5 Å². The Morgan fingerprint density at radius 2 is 1.59 bits per heavy atom. The Labute approximate surface area is 126 Å². The molecule has 0 aliphatic carbocycles.